The summed E-state index contributed by atoms with van der Waals surface area (Å²) in [6.07, 6.45) is 0. The molecule has 0 unspecified atom stereocenters. The third-order valence-corrected chi connectivity index (χ3v) is 2.91. The van der Waals surface area contributed by atoms with Crippen molar-refractivity contribution in [1.82, 2.24) is 0 Å². The fraction of sp³-hybridized carbons (Fsp3) is 0.133. The molecular weight excluding hydrogens is 248 g/mol. The molecule has 0 aliphatic rings. The zero-order valence-corrected chi connectivity index (χ0v) is 10.5. The van der Waals surface area contributed by atoms with Gasteiger partial charge in [-0.15, -0.1) is 0 Å². The summed E-state index contributed by atoms with van der Waals surface area (Å²) in [5, 5.41) is 8.69. The highest BCUT2D eigenvalue weighted by molar-refractivity contribution is 5.70. The van der Waals surface area contributed by atoms with Crippen LogP contribution in [0.2, 0.25) is 0 Å². The van der Waals surface area contributed by atoms with Crippen LogP contribution in [-0.2, 0) is 0 Å². The van der Waals surface area contributed by atoms with Crippen LogP contribution < -0.4 is 4.74 Å². The van der Waals surface area contributed by atoms with E-state index in [1.165, 1.54) is 25.3 Å². The summed E-state index contributed by atoms with van der Waals surface area (Å²) in [5.41, 5.74) is 1.26. The summed E-state index contributed by atoms with van der Waals surface area (Å²) in [6.45, 7) is 1.73. The number of benzene rings is 2. The molecule has 0 bridgehead atoms. The van der Waals surface area contributed by atoms with Gasteiger partial charge < -0.3 is 4.74 Å². The van der Waals surface area contributed by atoms with Gasteiger partial charge in [-0.25, -0.2) is 8.78 Å². The van der Waals surface area contributed by atoms with Crippen molar-refractivity contribution < 1.29 is 13.5 Å². The Labute approximate surface area is 109 Å². The van der Waals surface area contributed by atoms with E-state index in [9.17, 15) is 8.78 Å². The summed E-state index contributed by atoms with van der Waals surface area (Å²) < 4.78 is 32.7. The molecule has 2 nitrogen and oxygen atoms in total. The number of methoxy groups -OCH3 is 1. The van der Waals surface area contributed by atoms with E-state index >= 15 is 0 Å². The zero-order valence-electron chi connectivity index (χ0n) is 10.5. The summed E-state index contributed by atoms with van der Waals surface area (Å²) in [7, 11) is 1.37. The molecule has 2 rings (SSSR count). The quantitative estimate of drug-likeness (QED) is 0.821. The highest BCUT2D eigenvalue weighted by atomic mass is 19.1. The molecule has 0 saturated heterocycles. The predicted octanol–water partition coefficient (Wildman–Crippen LogP) is 3.82. The molecule has 2 aromatic rings. The van der Waals surface area contributed by atoms with Crippen LogP contribution in [0.4, 0.5) is 8.78 Å². The summed E-state index contributed by atoms with van der Waals surface area (Å²) in [4.78, 5) is 0. The Hall–Kier alpha value is -2.41. The first-order chi connectivity index (χ1) is 9.08. The van der Waals surface area contributed by atoms with Crippen molar-refractivity contribution in [3.05, 3.63) is 53.1 Å². The minimum absolute atomic E-state index is 0.0651. The molecule has 0 heterocycles. The van der Waals surface area contributed by atoms with Gasteiger partial charge in [0.15, 0.2) is 11.6 Å². The van der Waals surface area contributed by atoms with Gasteiger partial charge in [0.1, 0.15) is 11.9 Å². The Bertz CT molecular complexity index is 675. The van der Waals surface area contributed by atoms with E-state index in [4.69, 9.17) is 10.00 Å². The SMILES string of the molecule is COc1ccc(C)c(-c2ccc(C#N)c(F)c2)c1F. The molecule has 4 heteroatoms. The molecule has 2 aromatic carbocycles. The minimum Gasteiger partial charge on any atom is -0.494 e. The maximum absolute atomic E-state index is 14.2. The molecule has 0 saturated carbocycles. The highest BCUT2D eigenvalue weighted by Crippen LogP contribution is 2.32. The van der Waals surface area contributed by atoms with E-state index in [0.717, 1.165) is 6.07 Å². The molecule has 0 aliphatic carbocycles. The number of hydrogen-bond acceptors (Lipinski definition) is 2. The predicted molar refractivity (Wildman–Crippen MR) is 67.8 cm³/mol. The van der Waals surface area contributed by atoms with Gasteiger partial charge in [0.2, 0.25) is 0 Å². The van der Waals surface area contributed by atoms with E-state index in [0.29, 0.717) is 11.1 Å². The van der Waals surface area contributed by atoms with Gasteiger partial charge >= 0.3 is 0 Å². The van der Waals surface area contributed by atoms with Gasteiger partial charge in [-0.3, -0.25) is 0 Å². The lowest BCUT2D eigenvalue weighted by molar-refractivity contribution is 0.387. The first-order valence-corrected chi connectivity index (χ1v) is 5.61. The van der Waals surface area contributed by atoms with Crippen LogP contribution >= 0.6 is 0 Å². The molecule has 0 amide bonds. The normalized spacial score (nSPS) is 10.1. The van der Waals surface area contributed by atoms with Gasteiger partial charge in [0.25, 0.3) is 0 Å². The average molecular weight is 259 g/mol. The summed E-state index contributed by atoms with van der Waals surface area (Å²) in [6, 6.07) is 8.97. The van der Waals surface area contributed by atoms with Crippen LogP contribution in [0, 0.1) is 29.9 Å². The Morgan fingerprint density at radius 3 is 2.47 bits per heavy atom. The highest BCUT2D eigenvalue weighted by Gasteiger charge is 2.15. The molecule has 96 valence electrons. The molecule has 0 radical (unpaired) electrons. The van der Waals surface area contributed by atoms with E-state index in [-0.39, 0.29) is 16.9 Å². The lowest BCUT2D eigenvalue weighted by Crippen LogP contribution is -1.95. The largest absolute Gasteiger partial charge is 0.494 e. The van der Waals surface area contributed by atoms with E-state index in [1.54, 1.807) is 19.1 Å². The topological polar surface area (TPSA) is 33.0 Å². The van der Waals surface area contributed by atoms with Crippen LogP contribution in [0.5, 0.6) is 5.75 Å². The van der Waals surface area contributed by atoms with Gasteiger partial charge in [0.05, 0.1) is 12.7 Å². The zero-order chi connectivity index (χ0) is 14.0. The second kappa shape index (κ2) is 5.07. The lowest BCUT2D eigenvalue weighted by atomic mass is 9.98. The number of hydrogen-bond donors (Lipinski definition) is 0. The number of nitrogens with zero attached hydrogens (tertiary/aromatic N) is 1. The van der Waals surface area contributed by atoms with Gasteiger partial charge in [-0.05, 0) is 36.2 Å². The third-order valence-electron chi connectivity index (χ3n) is 2.91. The smallest absolute Gasteiger partial charge is 0.173 e. The van der Waals surface area contributed by atoms with Crippen molar-refractivity contribution in [2.75, 3.05) is 7.11 Å². The van der Waals surface area contributed by atoms with Crippen molar-refractivity contribution in [3.8, 4) is 22.9 Å². The molecule has 19 heavy (non-hydrogen) atoms. The number of aryl methyl sites for hydroxylation is 1. The van der Waals surface area contributed by atoms with Gasteiger partial charge in [-0.1, -0.05) is 12.1 Å². The monoisotopic (exact) mass is 259 g/mol. The molecular formula is C15H11F2NO. The lowest BCUT2D eigenvalue weighted by Gasteiger charge is -2.11. The second-order valence-corrected chi connectivity index (χ2v) is 4.08. The summed E-state index contributed by atoms with van der Waals surface area (Å²) in [5.74, 6) is -1.10. The van der Waals surface area contributed by atoms with E-state index in [1.807, 2.05) is 0 Å². The fourth-order valence-electron chi connectivity index (χ4n) is 1.93. The Morgan fingerprint density at radius 1 is 1.16 bits per heavy atom. The Balaban J connectivity index is 2.65. The van der Waals surface area contributed by atoms with Crippen molar-refractivity contribution in [1.29, 1.82) is 5.26 Å². The third kappa shape index (κ3) is 2.27. The molecule has 0 fully saturated rings. The van der Waals surface area contributed by atoms with Crippen LogP contribution in [0.3, 0.4) is 0 Å². The van der Waals surface area contributed by atoms with Crippen LogP contribution in [0.15, 0.2) is 30.3 Å². The van der Waals surface area contributed by atoms with Crippen LogP contribution in [-0.4, -0.2) is 7.11 Å². The molecule has 0 spiro atoms. The van der Waals surface area contributed by atoms with E-state index in [2.05, 4.69) is 0 Å². The van der Waals surface area contributed by atoms with Crippen molar-refractivity contribution in [2.45, 2.75) is 6.92 Å². The number of halogens is 2. The standard InChI is InChI=1S/C15H11F2NO/c1-9-3-6-13(19-2)15(17)14(9)10-4-5-11(8-18)12(16)7-10/h3-7H,1-2H3. The Kier molecular flexibility index (Phi) is 3.48. The molecule has 0 N–H and O–H groups in total. The first kappa shape index (κ1) is 13.0. The number of rotatable bonds is 2. The van der Waals surface area contributed by atoms with E-state index < -0.39 is 11.6 Å². The van der Waals surface area contributed by atoms with Crippen molar-refractivity contribution in [3.63, 3.8) is 0 Å². The second-order valence-electron chi connectivity index (χ2n) is 4.08. The number of ether oxygens (including phenoxy) is 1. The molecule has 0 aliphatic heterocycles. The van der Waals surface area contributed by atoms with Gasteiger partial charge in [0, 0.05) is 5.56 Å². The van der Waals surface area contributed by atoms with Gasteiger partial charge in [-0.2, -0.15) is 5.26 Å². The maximum Gasteiger partial charge on any atom is 0.173 e. The van der Waals surface area contributed by atoms with Crippen molar-refractivity contribution in [2.24, 2.45) is 0 Å². The van der Waals surface area contributed by atoms with Crippen molar-refractivity contribution >= 4 is 0 Å². The fourth-order valence-corrected chi connectivity index (χ4v) is 1.93. The summed E-state index contributed by atoms with van der Waals surface area (Å²) >= 11 is 0. The Morgan fingerprint density at radius 2 is 1.89 bits per heavy atom. The molecule has 0 atom stereocenters. The number of nitriles is 1. The van der Waals surface area contributed by atoms with Crippen LogP contribution in [0.25, 0.3) is 11.1 Å². The minimum atomic E-state index is -0.665. The molecule has 0 aromatic heterocycles. The first-order valence-electron chi connectivity index (χ1n) is 5.61. The van der Waals surface area contributed by atoms with Crippen LogP contribution in [0.1, 0.15) is 11.1 Å². The maximum atomic E-state index is 14.2. The average Bonchev–Trinajstić information content (AvgIpc) is 2.39.